The number of nitrogens with zero attached hydrogens (tertiary/aromatic N) is 1. The Hall–Kier alpha value is -0.710. The lowest BCUT2D eigenvalue weighted by Crippen LogP contribution is -2.17. The second kappa shape index (κ2) is 4.68. The Labute approximate surface area is 91.6 Å². The summed E-state index contributed by atoms with van der Waals surface area (Å²) >= 11 is 3.51. The molecule has 2 heterocycles. The lowest BCUT2D eigenvalue weighted by atomic mass is 10.2. The molecule has 14 heavy (non-hydrogen) atoms. The van der Waals surface area contributed by atoms with Crippen LogP contribution in [-0.4, -0.2) is 12.0 Å². The normalized spacial score (nSPS) is 12.9. The van der Waals surface area contributed by atoms with Gasteiger partial charge in [0.15, 0.2) is 0 Å². The maximum absolute atomic E-state index is 4.30. The molecule has 4 heteroatoms. The number of rotatable bonds is 4. The van der Waals surface area contributed by atoms with Crippen LogP contribution in [0.5, 0.6) is 0 Å². The van der Waals surface area contributed by atoms with Gasteiger partial charge in [-0.3, -0.25) is 0 Å². The molecule has 0 fully saturated rings. The molecule has 2 rings (SSSR count). The van der Waals surface area contributed by atoms with Crippen molar-refractivity contribution in [2.45, 2.75) is 12.5 Å². The van der Waals surface area contributed by atoms with E-state index in [0.717, 1.165) is 6.42 Å². The van der Waals surface area contributed by atoms with Crippen LogP contribution in [0.15, 0.2) is 29.1 Å². The van der Waals surface area contributed by atoms with E-state index in [0.29, 0.717) is 6.04 Å². The average molecular weight is 224 g/mol. The molecule has 1 N–H and O–H groups in total. The third kappa shape index (κ3) is 2.20. The van der Waals surface area contributed by atoms with Crippen molar-refractivity contribution in [3.05, 3.63) is 39.0 Å². The molecule has 0 aromatic carbocycles. The highest BCUT2D eigenvalue weighted by atomic mass is 32.1. The Morgan fingerprint density at radius 2 is 2.36 bits per heavy atom. The maximum Gasteiger partial charge on any atom is 0.0944 e. The summed E-state index contributed by atoms with van der Waals surface area (Å²) in [6, 6.07) is 4.66. The second-order valence-corrected chi connectivity index (χ2v) is 4.95. The molecule has 74 valence electrons. The largest absolute Gasteiger partial charge is 0.312 e. The molecule has 1 atom stereocenters. The molecule has 2 aromatic heterocycles. The van der Waals surface area contributed by atoms with Gasteiger partial charge in [0.05, 0.1) is 5.01 Å². The second-order valence-electron chi connectivity index (χ2n) is 2.99. The Morgan fingerprint density at radius 3 is 2.93 bits per heavy atom. The van der Waals surface area contributed by atoms with Crippen LogP contribution in [0.1, 0.15) is 15.9 Å². The fourth-order valence-corrected chi connectivity index (χ4v) is 2.86. The van der Waals surface area contributed by atoms with Gasteiger partial charge in [-0.15, -0.1) is 22.7 Å². The summed E-state index contributed by atoms with van der Waals surface area (Å²) in [7, 11) is 2.00. The number of hydrogen-bond donors (Lipinski definition) is 1. The summed E-state index contributed by atoms with van der Waals surface area (Å²) in [5.74, 6) is 0. The molecule has 0 saturated heterocycles. The van der Waals surface area contributed by atoms with Crippen LogP contribution in [0.4, 0.5) is 0 Å². The molecule has 0 radical (unpaired) electrons. The first-order valence-corrected chi connectivity index (χ1v) is 6.25. The highest BCUT2D eigenvalue weighted by Gasteiger charge is 2.11. The van der Waals surface area contributed by atoms with E-state index >= 15 is 0 Å². The molecule has 0 aliphatic carbocycles. The van der Waals surface area contributed by atoms with E-state index in [1.165, 1.54) is 9.88 Å². The van der Waals surface area contributed by atoms with Gasteiger partial charge in [-0.05, 0) is 18.5 Å². The topological polar surface area (TPSA) is 24.9 Å². The molecule has 0 amide bonds. The van der Waals surface area contributed by atoms with Crippen LogP contribution >= 0.6 is 22.7 Å². The zero-order valence-corrected chi connectivity index (χ0v) is 9.57. The van der Waals surface area contributed by atoms with Gasteiger partial charge in [0, 0.05) is 28.9 Å². The molecule has 0 saturated carbocycles. The third-order valence-corrected chi connectivity index (χ3v) is 3.89. The van der Waals surface area contributed by atoms with Gasteiger partial charge >= 0.3 is 0 Å². The first kappa shape index (κ1) is 9.83. The summed E-state index contributed by atoms with van der Waals surface area (Å²) in [6.07, 6.45) is 2.84. The van der Waals surface area contributed by atoms with E-state index in [2.05, 4.69) is 27.8 Å². The molecule has 2 nitrogen and oxygen atoms in total. The lowest BCUT2D eigenvalue weighted by molar-refractivity contribution is 0.600. The van der Waals surface area contributed by atoms with Crippen LogP contribution in [0, 0.1) is 0 Å². The van der Waals surface area contributed by atoms with Crippen molar-refractivity contribution in [2.75, 3.05) is 7.05 Å². The highest BCUT2D eigenvalue weighted by molar-refractivity contribution is 7.10. The summed E-state index contributed by atoms with van der Waals surface area (Å²) in [5.41, 5.74) is 0. The Balaban J connectivity index is 2.08. The zero-order valence-electron chi connectivity index (χ0n) is 7.93. The Kier molecular flexibility index (Phi) is 3.29. The number of nitrogens with one attached hydrogen (secondary N) is 1. The minimum Gasteiger partial charge on any atom is -0.312 e. The van der Waals surface area contributed by atoms with Gasteiger partial charge in [-0.1, -0.05) is 6.07 Å². The van der Waals surface area contributed by atoms with Crippen molar-refractivity contribution in [2.24, 2.45) is 0 Å². The van der Waals surface area contributed by atoms with E-state index < -0.39 is 0 Å². The van der Waals surface area contributed by atoms with E-state index in [4.69, 9.17) is 0 Å². The fourth-order valence-electron chi connectivity index (χ4n) is 1.36. The van der Waals surface area contributed by atoms with Gasteiger partial charge in [0.1, 0.15) is 0 Å². The smallest absolute Gasteiger partial charge is 0.0944 e. The standard InChI is InChI=1S/C10H12N2S2/c1-11-8(9-3-2-5-13-9)7-10-12-4-6-14-10/h2-6,8,11H,7H2,1H3. The number of thiazole rings is 1. The molecule has 0 spiro atoms. The third-order valence-electron chi connectivity index (χ3n) is 2.10. The van der Waals surface area contributed by atoms with Gasteiger partial charge in [0.25, 0.3) is 0 Å². The first-order valence-electron chi connectivity index (χ1n) is 4.49. The van der Waals surface area contributed by atoms with Gasteiger partial charge in [-0.2, -0.15) is 0 Å². The van der Waals surface area contributed by atoms with Crippen molar-refractivity contribution in [1.29, 1.82) is 0 Å². The van der Waals surface area contributed by atoms with Crippen LogP contribution in [0.25, 0.3) is 0 Å². The summed E-state index contributed by atoms with van der Waals surface area (Å²) < 4.78 is 0. The number of aromatic nitrogens is 1. The molecule has 2 aromatic rings. The van der Waals surface area contributed by atoms with Crippen molar-refractivity contribution in [1.82, 2.24) is 10.3 Å². The van der Waals surface area contributed by atoms with Crippen LogP contribution < -0.4 is 5.32 Å². The summed E-state index contributed by atoms with van der Waals surface area (Å²) in [5, 5.41) is 8.65. The van der Waals surface area contributed by atoms with E-state index in [-0.39, 0.29) is 0 Å². The first-order chi connectivity index (χ1) is 6.90. The SMILES string of the molecule is CNC(Cc1nccs1)c1cccs1. The van der Waals surface area contributed by atoms with Crippen LogP contribution in [0.2, 0.25) is 0 Å². The van der Waals surface area contributed by atoms with E-state index in [1.54, 1.807) is 22.7 Å². The van der Waals surface area contributed by atoms with Gasteiger partial charge in [0.2, 0.25) is 0 Å². The monoisotopic (exact) mass is 224 g/mol. The lowest BCUT2D eigenvalue weighted by Gasteiger charge is -2.12. The molecular weight excluding hydrogens is 212 g/mol. The molecule has 0 bridgehead atoms. The maximum atomic E-state index is 4.30. The van der Waals surface area contributed by atoms with Crippen molar-refractivity contribution in [3.8, 4) is 0 Å². The quantitative estimate of drug-likeness (QED) is 0.863. The fraction of sp³-hybridized carbons (Fsp3) is 0.300. The number of thiophene rings is 1. The summed E-state index contributed by atoms with van der Waals surface area (Å²) in [4.78, 5) is 5.67. The Bertz CT molecular complexity index is 353. The predicted octanol–water partition coefficient (Wildman–Crippen LogP) is 2.71. The average Bonchev–Trinajstić information content (AvgIpc) is 2.86. The molecule has 0 aliphatic rings. The predicted molar refractivity (Wildman–Crippen MR) is 61.9 cm³/mol. The van der Waals surface area contributed by atoms with Crippen molar-refractivity contribution < 1.29 is 0 Å². The zero-order chi connectivity index (χ0) is 9.80. The summed E-state index contributed by atoms with van der Waals surface area (Å²) in [6.45, 7) is 0. The van der Waals surface area contributed by atoms with E-state index in [9.17, 15) is 0 Å². The molecule has 0 aliphatic heterocycles. The van der Waals surface area contributed by atoms with Crippen LogP contribution in [-0.2, 0) is 6.42 Å². The number of hydrogen-bond acceptors (Lipinski definition) is 4. The van der Waals surface area contributed by atoms with Gasteiger partial charge in [-0.25, -0.2) is 4.98 Å². The minimum atomic E-state index is 0.404. The number of likely N-dealkylation sites (N-methyl/N-ethyl adjacent to an activating group) is 1. The molecule has 1 unspecified atom stereocenters. The molecular formula is C10H12N2S2. The van der Waals surface area contributed by atoms with Crippen LogP contribution in [0.3, 0.4) is 0 Å². The minimum absolute atomic E-state index is 0.404. The van der Waals surface area contributed by atoms with Gasteiger partial charge < -0.3 is 5.32 Å². The Morgan fingerprint density at radius 1 is 1.43 bits per heavy atom. The van der Waals surface area contributed by atoms with Crippen molar-refractivity contribution >= 4 is 22.7 Å². The highest BCUT2D eigenvalue weighted by Crippen LogP contribution is 2.23. The van der Waals surface area contributed by atoms with E-state index in [1.807, 2.05) is 18.6 Å². The van der Waals surface area contributed by atoms with Crippen molar-refractivity contribution in [3.63, 3.8) is 0 Å².